The van der Waals surface area contributed by atoms with Gasteiger partial charge in [0.15, 0.2) is 0 Å². The van der Waals surface area contributed by atoms with Gasteiger partial charge in [0.1, 0.15) is 10.9 Å². The zero-order valence-corrected chi connectivity index (χ0v) is 13.0. The molecule has 0 spiro atoms. The molecule has 1 rings (SSSR count). The Morgan fingerprint density at radius 2 is 2.05 bits per heavy atom. The van der Waals surface area contributed by atoms with E-state index in [9.17, 15) is 14.4 Å². The molecule has 1 amide bonds. The van der Waals surface area contributed by atoms with Crippen LogP contribution < -0.4 is 5.32 Å². The summed E-state index contributed by atoms with van der Waals surface area (Å²) in [7, 11) is 0. The van der Waals surface area contributed by atoms with E-state index < -0.39 is 23.9 Å². The number of hydrogen-bond donors (Lipinski definition) is 2. The molecule has 0 fully saturated rings. The number of carbonyl (C=O) groups is 3. The van der Waals surface area contributed by atoms with Gasteiger partial charge in [-0.3, -0.25) is 9.59 Å². The summed E-state index contributed by atoms with van der Waals surface area (Å²) >= 11 is 1.20. The second kappa shape index (κ2) is 7.72. The minimum Gasteiger partial charge on any atom is -0.480 e. The monoisotopic (exact) mass is 314 g/mol. The van der Waals surface area contributed by atoms with Crippen LogP contribution in [0.2, 0.25) is 0 Å². The first-order valence-electron chi connectivity index (χ1n) is 6.48. The third-order valence-electron chi connectivity index (χ3n) is 2.66. The van der Waals surface area contributed by atoms with Gasteiger partial charge in [0.25, 0.3) is 5.91 Å². The van der Waals surface area contributed by atoms with Gasteiger partial charge in [-0.1, -0.05) is 0 Å². The quantitative estimate of drug-likeness (QED) is 0.735. The lowest BCUT2D eigenvalue weighted by atomic mass is 10.1. The van der Waals surface area contributed by atoms with Crippen molar-refractivity contribution in [3.63, 3.8) is 0 Å². The van der Waals surface area contributed by atoms with Gasteiger partial charge in [-0.05, 0) is 27.2 Å². The molecule has 8 heteroatoms. The number of ether oxygens (including phenoxy) is 1. The Balaban J connectivity index is 2.66. The number of nitrogens with zero attached hydrogens (tertiary/aromatic N) is 1. The van der Waals surface area contributed by atoms with E-state index in [-0.39, 0.29) is 19.4 Å². The molecule has 0 saturated carbocycles. The number of thiazole rings is 1. The van der Waals surface area contributed by atoms with Crippen molar-refractivity contribution < 1.29 is 24.2 Å². The molecule has 1 atom stereocenters. The maximum Gasteiger partial charge on any atom is 0.326 e. The highest BCUT2D eigenvalue weighted by Crippen LogP contribution is 2.17. The van der Waals surface area contributed by atoms with E-state index in [2.05, 4.69) is 10.3 Å². The molecule has 1 aromatic rings. The van der Waals surface area contributed by atoms with Gasteiger partial charge in [0.05, 0.1) is 17.3 Å². The van der Waals surface area contributed by atoms with Crippen molar-refractivity contribution in [1.82, 2.24) is 10.3 Å². The molecule has 0 unspecified atom stereocenters. The molecule has 7 nitrogen and oxygen atoms in total. The Labute approximate surface area is 126 Å². The molecular weight excluding hydrogens is 296 g/mol. The van der Waals surface area contributed by atoms with Crippen molar-refractivity contribution in [3.05, 3.63) is 15.6 Å². The van der Waals surface area contributed by atoms with Crippen molar-refractivity contribution >= 4 is 29.2 Å². The molecule has 0 radical (unpaired) electrons. The highest BCUT2D eigenvalue weighted by molar-refractivity contribution is 7.13. The third kappa shape index (κ3) is 5.14. The van der Waals surface area contributed by atoms with Crippen LogP contribution in [0.5, 0.6) is 0 Å². The van der Waals surface area contributed by atoms with E-state index in [0.717, 1.165) is 5.01 Å². The summed E-state index contributed by atoms with van der Waals surface area (Å²) in [6.07, 6.45) is -0.0808. The Hall–Kier alpha value is -1.96. The topological polar surface area (TPSA) is 106 Å². The Morgan fingerprint density at radius 1 is 1.38 bits per heavy atom. The maximum atomic E-state index is 12.0. The molecule has 21 heavy (non-hydrogen) atoms. The number of carboxylic acid groups (broad SMARTS) is 1. The fraction of sp³-hybridized carbons (Fsp3) is 0.538. The van der Waals surface area contributed by atoms with Crippen LogP contribution in [0.25, 0.3) is 0 Å². The lowest BCUT2D eigenvalue weighted by Crippen LogP contribution is -2.41. The molecule has 0 saturated heterocycles. The van der Waals surface area contributed by atoms with Crippen molar-refractivity contribution in [1.29, 1.82) is 0 Å². The molecular formula is C13H18N2O5S. The van der Waals surface area contributed by atoms with Crippen LogP contribution in [-0.2, 0) is 14.3 Å². The first-order chi connectivity index (χ1) is 9.85. The van der Waals surface area contributed by atoms with Crippen molar-refractivity contribution in [2.24, 2.45) is 0 Å². The molecule has 0 aromatic carbocycles. The minimum atomic E-state index is -1.19. The fourth-order valence-electron chi connectivity index (χ4n) is 1.72. The van der Waals surface area contributed by atoms with Crippen LogP contribution in [0, 0.1) is 13.8 Å². The Morgan fingerprint density at radius 3 is 2.52 bits per heavy atom. The molecule has 0 aliphatic rings. The number of aliphatic carboxylic acids is 1. The van der Waals surface area contributed by atoms with E-state index in [1.165, 1.54) is 11.3 Å². The van der Waals surface area contributed by atoms with Gasteiger partial charge in [-0.25, -0.2) is 9.78 Å². The zero-order chi connectivity index (χ0) is 16.0. The van der Waals surface area contributed by atoms with Crippen LogP contribution in [0.1, 0.15) is 40.1 Å². The number of carboxylic acids is 1. The number of carbonyl (C=O) groups excluding carboxylic acids is 2. The predicted molar refractivity (Wildman–Crippen MR) is 76.3 cm³/mol. The highest BCUT2D eigenvalue weighted by Gasteiger charge is 2.24. The van der Waals surface area contributed by atoms with Gasteiger partial charge >= 0.3 is 11.9 Å². The Bertz CT molecular complexity index is 541. The second-order valence-corrected chi connectivity index (χ2v) is 5.56. The van der Waals surface area contributed by atoms with Crippen LogP contribution >= 0.6 is 11.3 Å². The summed E-state index contributed by atoms with van der Waals surface area (Å²) in [5.74, 6) is -2.16. The second-order valence-electron chi connectivity index (χ2n) is 4.36. The summed E-state index contributed by atoms with van der Waals surface area (Å²) in [5, 5.41) is 12.2. The minimum absolute atomic E-state index is 0.0171. The summed E-state index contributed by atoms with van der Waals surface area (Å²) < 4.78 is 4.73. The van der Waals surface area contributed by atoms with Crippen LogP contribution in [-0.4, -0.2) is 40.6 Å². The first-order valence-corrected chi connectivity index (χ1v) is 7.30. The Kier molecular flexibility index (Phi) is 6.29. The largest absolute Gasteiger partial charge is 0.480 e. The number of hydrogen-bond acceptors (Lipinski definition) is 6. The lowest BCUT2D eigenvalue weighted by Gasteiger charge is -2.13. The summed E-state index contributed by atoms with van der Waals surface area (Å²) in [6.45, 7) is 5.36. The van der Waals surface area contributed by atoms with E-state index in [0.29, 0.717) is 10.6 Å². The molecule has 0 aliphatic carbocycles. The fourth-order valence-corrected chi connectivity index (χ4v) is 2.54. The van der Waals surface area contributed by atoms with Crippen molar-refractivity contribution in [2.45, 2.75) is 39.7 Å². The SMILES string of the molecule is CCOC(=O)CC[C@H](NC(=O)c1sc(C)nc1C)C(=O)O. The zero-order valence-electron chi connectivity index (χ0n) is 12.1. The number of amides is 1. The molecule has 1 heterocycles. The lowest BCUT2D eigenvalue weighted by molar-refractivity contribution is -0.144. The van der Waals surface area contributed by atoms with Crippen molar-refractivity contribution in [3.8, 4) is 0 Å². The van der Waals surface area contributed by atoms with Crippen LogP contribution in [0.15, 0.2) is 0 Å². The van der Waals surface area contributed by atoms with Crippen LogP contribution in [0.4, 0.5) is 0 Å². The molecule has 0 bridgehead atoms. The van der Waals surface area contributed by atoms with Gasteiger partial charge in [-0.15, -0.1) is 11.3 Å². The molecule has 2 N–H and O–H groups in total. The summed E-state index contributed by atoms with van der Waals surface area (Å²) in [4.78, 5) is 38.9. The average molecular weight is 314 g/mol. The normalized spacial score (nSPS) is 11.8. The van der Waals surface area contributed by atoms with Crippen molar-refractivity contribution in [2.75, 3.05) is 6.61 Å². The number of aromatic nitrogens is 1. The van der Waals surface area contributed by atoms with E-state index in [4.69, 9.17) is 9.84 Å². The van der Waals surface area contributed by atoms with E-state index in [1.54, 1.807) is 20.8 Å². The molecule has 0 aliphatic heterocycles. The summed E-state index contributed by atoms with van der Waals surface area (Å²) in [6, 6.07) is -1.14. The smallest absolute Gasteiger partial charge is 0.326 e. The average Bonchev–Trinajstić information content (AvgIpc) is 2.73. The number of aryl methyl sites for hydroxylation is 2. The van der Waals surface area contributed by atoms with Gasteiger partial charge in [0, 0.05) is 6.42 Å². The maximum absolute atomic E-state index is 12.0. The summed E-state index contributed by atoms with van der Waals surface area (Å²) in [5.41, 5.74) is 0.560. The molecule has 116 valence electrons. The van der Waals surface area contributed by atoms with Gasteiger partial charge in [-0.2, -0.15) is 0 Å². The van der Waals surface area contributed by atoms with Crippen LogP contribution in [0.3, 0.4) is 0 Å². The van der Waals surface area contributed by atoms with Gasteiger partial charge < -0.3 is 15.2 Å². The number of nitrogens with one attached hydrogen (secondary N) is 1. The predicted octanol–water partition coefficient (Wildman–Crippen LogP) is 1.29. The molecule has 1 aromatic heterocycles. The first kappa shape index (κ1) is 17.1. The standard InChI is InChI=1S/C13H18N2O5S/c1-4-20-10(16)6-5-9(13(18)19)15-12(17)11-7(2)14-8(3)21-11/h9H,4-6H2,1-3H3,(H,15,17)(H,18,19)/t9-/m0/s1. The third-order valence-corrected chi connectivity index (χ3v) is 3.73. The van der Waals surface area contributed by atoms with E-state index in [1.807, 2.05) is 0 Å². The number of rotatable bonds is 7. The highest BCUT2D eigenvalue weighted by atomic mass is 32.1. The van der Waals surface area contributed by atoms with E-state index >= 15 is 0 Å². The number of esters is 1. The van der Waals surface area contributed by atoms with Gasteiger partial charge in [0.2, 0.25) is 0 Å².